The van der Waals surface area contributed by atoms with Gasteiger partial charge in [0, 0.05) is 19.1 Å². The smallest absolute Gasteiger partial charge is 0.369 e. The van der Waals surface area contributed by atoms with E-state index in [0.29, 0.717) is 19.3 Å². The van der Waals surface area contributed by atoms with Gasteiger partial charge in [0.2, 0.25) is 0 Å². The summed E-state index contributed by atoms with van der Waals surface area (Å²) < 4.78 is 43.4. The Morgan fingerprint density at radius 2 is 1.91 bits per heavy atom. The molecule has 1 saturated heterocycles. The quantitative estimate of drug-likeness (QED) is 0.919. The van der Waals surface area contributed by atoms with Crippen molar-refractivity contribution in [2.45, 2.75) is 50.2 Å². The summed E-state index contributed by atoms with van der Waals surface area (Å²) in [5, 5.41) is 4.11. The van der Waals surface area contributed by atoms with Crippen molar-refractivity contribution in [2.75, 3.05) is 18.0 Å². The first-order valence-corrected chi connectivity index (χ1v) is 7.21. The molecule has 0 amide bonds. The molecular formula is C13H20ClF3N4O. The normalized spacial score (nSPS) is 22.1. The summed E-state index contributed by atoms with van der Waals surface area (Å²) in [5.41, 5.74) is 5.33. The van der Waals surface area contributed by atoms with E-state index in [9.17, 15) is 13.2 Å². The molecule has 1 aliphatic carbocycles. The number of hydrogen-bond acceptors (Lipinski definition) is 4. The minimum Gasteiger partial charge on any atom is -0.369 e. The fourth-order valence-electron chi connectivity index (χ4n) is 2.93. The maximum atomic E-state index is 12.6. The molecule has 126 valence electrons. The van der Waals surface area contributed by atoms with Gasteiger partial charge < -0.3 is 10.6 Å². The minimum atomic E-state index is -4.65. The second kappa shape index (κ2) is 6.25. The molecule has 22 heavy (non-hydrogen) atoms. The molecule has 1 aliphatic heterocycles. The molecule has 0 radical (unpaired) electrons. The Balaban J connectivity index is 0.00000176. The van der Waals surface area contributed by atoms with Crippen molar-refractivity contribution in [3.63, 3.8) is 0 Å². The molecule has 0 spiro atoms. The standard InChI is InChI=1S/C13H19F3N4O.ClH/c14-13(15,16)21-12(4-1-5-12)20-9-11(8-18-20)19-6-2-10(17)3-7-19;/h8-10H,1-7,17H2;1H. The van der Waals surface area contributed by atoms with Gasteiger partial charge in [0.25, 0.3) is 0 Å². The molecule has 0 aromatic carbocycles. The van der Waals surface area contributed by atoms with Crippen LogP contribution >= 0.6 is 12.4 Å². The summed E-state index contributed by atoms with van der Waals surface area (Å²) in [6.07, 6.45) is 1.76. The van der Waals surface area contributed by atoms with Crippen LogP contribution in [0.2, 0.25) is 0 Å². The summed E-state index contributed by atoms with van der Waals surface area (Å²) in [7, 11) is 0. The topological polar surface area (TPSA) is 56.3 Å². The van der Waals surface area contributed by atoms with Crippen LogP contribution < -0.4 is 10.6 Å². The van der Waals surface area contributed by atoms with Crippen molar-refractivity contribution in [3.05, 3.63) is 12.4 Å². The highest BCUT2D eigenvalue weighted by Gasteiger charge is 2.49. The van der Waals surface area contributed by atoms with Crippen molar-refractivity contribution in [2.24, 2.45) is 5.73 Å². The third kappa shape index (κ3) is 3.49. The van der Waals surface area contributed by atoms with E-state index in [2.05, 4.69) is 14.7 Å². The number of aromatic nitrogens is 2. The molecule has 0 unspecified atom stereocenters. The molecule has 1 saturated carbocycles. The Morgan fingerprint density at radius 3 is 2.41 bits per heavy atom. The monoisotopic (exact) mass is 340 g/mol. The average Bonchev–Trinajstić information content (AvgIpc) is 2.83. The van der Waals surface area contributed by atoms with Crippen molar-refractivity contribution < 1.29 is 17.9 Å². The largest absolute Gasteiger partial charge is 0.524 e. The van der Waals surface area contributed by atoms with Crippen LogP contribution in [0, 0.1) is 0 Å². The average molecular weight is 341 g/mol. The maximum Gasteiger partial charge on any atom is 0.524 e. The van der Waals surface area contributed by atoms with E-state index in [1.165, 1.54) is 4.68 Å². The zero-order valence-corrected chi connectivity index (χ0v) is 12.9. The third-order valence-corrected chi connectivity index (χ3v) is 4.33. The predicted molar refractivity (Wildman–Crippen MR) is 77.9 cm³/mol. The van der Waals surface area contributed by atoms with Crippen LogP contribution in [0.15, 0.2) is 12.4 Å². The van der Waals surface area contributed by atoms with Crippen LogP contribution in [0.3, 0.4) is 0 Å². The predicted octanol–water partition coefficient (Wildman–Crippen LogP) is 2.61. The van der Waals surface area contributed by atoms with Crippen LogP contribution in [0.4, 0.5) is 18.9 Å². The van der Waals surface area contributed by atoms with E-state index in [-0.39, 0.29) is 18.4 Å². The van der Waals surface area contributed by atoms with Gasteiger partial charge in [-0.2, -0.15) is 5.10 Å². The Hall–Kier alpha value is -0.990. The molecule has 2 N–H and O–H groups in total. The Morgan fingerprint density at radius 1 is 1.27 bits per heavy atom. The Kier molecular flexibility index (Phi) is 4.93. The molecule has 1 aromatic rings. The Bertz CT molecular complexity index is 496. The number of nitrogens with zero attached hydrogens (tertiary/aromatic N) is 3. The Labute approximate surface area is 133 Å². The van der Waals surface area contributed by atoms with Crippen molar-refractivity contribution in [3.8, 4) is 0 Å². The number of hydrogen-bond donors (Lipinski definition) is 1. The van der Waals surface area contributed by atoms with Crippen molar-refractivity contribution in [1.82, 2.24) is 9.78 Å². The molecule has 2 heterocycles. The summed E-state index contributed by atoms with van der Waals surface area (Å²) in [6.45, 7) is 1.61. The number of halogens is 4. The number of rotatable bonds is 3. The van der Waals surface area contributed by atoms with Gasteiger partial charge in [-0.15, -0.1) is 25.6 Å². The second-order valence-corrected chi connectivity index (χ2v) is 5.82. The molecule has 0 bridgehead atoms. The molecule has 2 fully saturated rings. The second-order valence-electron chi connectivity index (χ2n) is 5.82. The summed E-state index contributed by atoms with van der Waals surface area (Å²) in [6, 6.07) is 0.211. The first-order valence-electron chi connectivity index (χ1n) is 7.21. The van der Waals surface area contributed by atoms with E-state index in [4.69, 9.17) is 5.73 Å². The molecule has 3 rings (SSSR count). The van der Waals surface area contributed by atoms with Gasteiger partial charge in [-0.25, -0.2) is 4.68 Å². The minimum absolute atomic E-state index is 0. The zero-order valence-electron chi connectivity index (χ0n) is 12.1. The highest BCUT2D eigenvalue weighted by atomic mass is 35.5. The molecule has 0 atom stereocenters. The molecule has 9 heteroatoms. The molecule has 1 aromatic heterocycles. The fourth-order valence-corrected chi connectivity index (χ4v) is 2.93. The van der Waals surface area contributed by atoms with Crippen molar-refractivity contribution >= 4 is 18.1 Å². The van der Waals surface area contributed by atoms with Gasteiger partial charge in [-0.3, -0.25) is 4.74 Å². The van der Waals surface area contributed by atoms with E-state index in [1.54, 1.807) is 12.4 Å². The van der Waals surface area contributed by atoms with E-state index in [1.807, 2.05) is 0 Å². The van der Waals surface area contributed by atoms with Crippen LogP contribution in [0.25, 0.3) is 0 Å². The lowest BCUT2D eigenvalue weighted by atomic mass is 9.88. The number of piperidine rings is 1. The fraction of sp³-hybridized carbons (Fsp3) is 0.769. The first kappa shape index (κ1) is 17.4. The van der Waals surface area contributed by atoms with Crippen LogP contribution in [-0.4, -0.2) is 35.3 Å². The van der Waals surface area contributed by atoms with Crippen LogP contribution in [0.5, 0.6) is 0 Å². The lowest BCUT2D eigenvalue weighted by Gasteiger charge is -2.41. The third-order valence-electron chi connectivity index (χ3n) is 4.33. The van der Waals surface area contributed by atoms with Gasteiger partial charge >= 0.3 is 6.36 Å². The van der Waals surface area contributed by atoms with E-state index >= 15 is 0 Å². The number of alkyl halides is 3. The maximum absolute atomic E-state index is 12.6. The summed E-state index contributed by atoms with van der Waals surface area (Å²) in [4.78, 5) is 2.10. The number of ether oxygens (including phenoxy) is 1. The van der Waals surface area contributed by atoms with Crippen LogP contribution in [0.1, 0.15) is 32.1 Å². The van der Waals surface area contributed by atoms with E-state index < -0.39 is 12.1 Å². The van der Waals surface area contributed by atoms with Gasteiger partial charge in [-0.05, 0) is 32.1 Å². The van der Waals surface area contributed by atoms with Crippen molar-refractivity contribution in [1.29, 1.82) is 0 Å². The zero-order chi connectivity index (χ0) is 15.1. The lowest BCUT2D eigenvalue weighted by Crippen LogP contribution is -2.47. The van der Waals surface area contributed by atoms with Gasteiger partial charge in [0.15, 0.2) is 5.72 Å². The highest BCUT2D eigenvalue weighted by Crippen LogP contribution is 2.44. The van der Waals surface area contributed by atoms with E-state index in [0.717, 1.165) is 31.6 Å². The SMILES string of the molecule is Cl.NC1CCN(c2cnn(C3(OC(F)(F)F)CCC3)c2)CC1. The highest BCUT2D eigenvalue weighted by molar-refractivity contribution is 5.85. The van der Waals surface area contributed by atoms with Gasteiger partial charge in [0.05, 0.1) is 18.1 Å². The first-order chi connectivity index (χ1) is 9.88. The van der Waals surface area contributed by atoms with Gasteiger partial charge in [-0.1, -0.05) is 0 Å². The summed E-state index contributed by atoms with van der Waals surface area (Å²) >= 11 is 0. The van der Waals surface area contributed by atoms with Gasteiger partial charge in [0.1, 0.15) is 0 Å². The molecule has 2 aliphatic rings. The summed E-state index contributed by atoms with van der Waals surface area (Å²) in [5.74, 6) is 0. The van der Waals surface area contributed by atoms with Crippen LogP contribution in [-0.2, 0) is 10.5 Å². The molecule has 5 nitrogen and oxygen atoms in total. The molecular weight excluding hydrogens is 321 g/mol. The number of nitrogens with two attached hydrogens (primary N) is 1. The lowest BCUT2D eigenvalue weighted by molar-refractivity contribution is -0.402. The number of anilines is 1.